The van der Waals surface area contributed by atoms with Crippen LogP contribution in [0.3, 0.4) is 0 Å². The van der Waals surface area contributed by atoms with Crippen molar-refractivity contribution >= 4 is 5.97 Å². The van der Waals surface area contributed by atoms with Crippen LogP contribution >= 0.6 is 0 Å². The van der Waals surface area contributed by atoms with E-state index in [0.717, 1.165) is 12.8 Å². The van der Waals surface area contributed by atoms with Gasteiger partial charge in [0.05, 0.1) is 12.2 Å². The molecule has 0 radical (unpaired) electrons. The summed E-state index contributed by atoms with van der Waals surface area (Å²) in [6.45, 7) is 4.49. The summed E-state index contributed by atoms with van der Waals surface area (Å²) in [5.74, 6) is -0.252. The van der Waals surface area contributed by atoms with Crippen molar-refractivity contribution in [3.05, 3.63) is 95.1 Å². The molecule has 0 N–H and O–H groups in total. The molecule has 1 aliphatic carbocycles. The van der Waals surface area contributed by atoms with Crippen molar-refractivity contribution in [2.75, 3.05) is 6.61 Å². The van der Waals surface area contributed by atoms with Crippen LogP contribution in [0, 0.1) is 0 Å². The minimum Gasteiger partial charge on any atom is -0.462 e. The molecule has 0 fully saturated rings. The molecule has 0 aliphatic heterocycles. The van der Waals surface area contributed by atoms with E-state index >= 15 is 0 Å². The summed E-state index contributed by atoms with van der Waals surface area (Å²) < 4.78 is 5.14. The van der Waals surface area contributed by atoms with Crippen molar-refractivity contribution in [3.63, 3.8) is 0 Å². The Hall–Kier alpha value is -2.87. The summed E-state index contributed by atoms with van der Waals surface area (Å²) >= 11 is 0. The molecule has 0 atom stereocenters. The normalized spacial score (nSPS) is 13.5. The Morgan fingerprint density at radius 2 is 1.40 bits per heavy atom. The van der Waals surface area contributed by atoms with Gasteiger partial charge in [0.15, 0.2) is 0 Å². The zero-order chi connectivity index (χ0) is 21.0. The zero-order valence-electron chi connectivity index (χ0n) is 18.0. The van der Waals surface area contributed by atoms with E-state index in [0.29, 0.717) is 12.2 Å². The molecule has 0 amide bonds. The predicted octanol–water partition coefficient (Wildman–Crippen LogP) is 6.95. The summed E-state index contributed by atoms with van der Waals surface area (Å²) in [6, 6.07) is 25.8. The van der Waals surface area contributed by atoms with Crippen molar-refractivity contribution in [3.8, 4) is 11.1 Å². The second-order valence-corrected chi connectivity index (χ2v) is 8.22. The summed E-state index contributed by atoms with van der Waals surface area (Å²) in [5, 5.41) is 0. The van der Waals surface area contributed by atoms with Crippen LogP contribution in [0.1, 0.15) is 66.6 Å². The van der Waals surface area contributed by atoms with E-state index in [1.807, 2.05) is 19.1 Å². The molecule has 0 unspecified atom stereocenters. The highest BCUT2D eigenvalue weighted by atomic mass is 16.5. The van der Waals surface area contributed by atoms with Gasteiger partial charge < -0.3 is 4.74 Å². The van der Waals surface area contributed by atoms with Crippen LogP contribution in [-0.2, 0) is 16.6 Å². The smallest absolute Gasteiger partial charge is 0.338 e. The highest BCUT2D eigenvalue weighted by Gasteiger charge is 2.42. The molecule has 3 aromatic rings. The molecule has 3 aromatic carbocycles. The third-order valence-electron chi connectivity index (χ3n) is 6.35. The maximum Gasteiger partial charge on any atom is 0.338 e. The molecule has 154 valence electrons. The van der Waals surface area contributed by atoms with Crippen LogP contribution in [0.2, 0.25) is 0 Å². The van der Waals surface area contributed by atoms with Crippen molar-refractivity contribution in [1.82, 2.24) is 0 Å². The first-order chi connectivity index (χ1) is 14.7. The maximum absolute atomic E-state index is 12.0. The largest absolute Gasteiger partial charge is 0.462 e. The van der Waals surface area contributed by atoms with E-state index in [4.69, 9.17) is 4.74 Å². The SMILES string of the molecule is CCCCCC1(Cc2ccc(C(=O)OCC)cc2)c2ccccc2-c2ccccc21. The van der Waals surface area contributed by atoms with Crippen molar-refractivity contribution in [1.29, 1.82) is 0 Å². The van der Waals surface area contributed by atoms with Crippen molar-refractivity contribution < 1.29 is 9.53 Å². The molecule has 2 nitrogen and oxygen atoms in total. The van der Waals surface area contributed by atoms with Gasteiger partial charge in [-0.3, -0.25) is 0 Å². The third kappa shape index (κ3) is 3.67. The van der Waals surface area contributed by atoms with E-state index < -0.39 is 0 Å². The lowest BCUT2D eigenvalue weighted by molar-refractivity contribution is 0.0526. The highest BCUT2D eigenvalue weighted by Crippen LogP contribution is 2.53. The number of hydrogen-bond donors (Lipinski definition) is 0. The molecule has 1 aliphatic rings. The highest BCUT2D eigenvalue weighted by molar-refractivity contribution is 5.89. The second-order valence-electron chi connectivity index (χ2n) is 8.22. The van der Waals surface area contributed by atoms with Crippen LogP contribution in [0.5, 0.6) is 0 Å². The summed E-state index contributed by atoms with van der Waals surface area (Å²) in [7, 11) is 0. The van der Waals surface area contributed by atoms with Gasteiger partial charge in [-0.05, 0) is 59.7 Å². The van der Waals surface area contributed by atoms with Crippen LogP contribution in [-0.4, -0.2) is 12.6 Å². The third-order valence-corrected chi connectivity index (χ3v) is 6.35. The number of esters is 1. The predicted molar refractivity (Wildman–Crippen MR) is 123 cm³/mol. The fourth-order valence-electron chi connectivity index (χ4n) is 4.96. The van der Waals surface area contributed by atoms with Gasteiger partial charge in [0.25, 0.3) is 0 Å². The van der Waals surface area contributed by atoms with Gasteiger partial charge in [0, 0.05) is 5.41 Å². The van der Waals surface area contributed by atoms with Crippen LogP contribution in [0.15, 0.2) is 72.8 Å². The zero-order valence-corrected chi connectivity index (χ0v) is 18.0. The molecule has 30 heavy (non-hydrogen) atoms. The minimum atomic E-state index is -0.252. The minimum absolute atomic E-state index is 0.0200. The fraction of sp³-hybridized carbons (Fsp3) is 0.321. The average molecular weight is 399 g/mol. The summed E-state index contributed by atoms with van der Waals surface area (Å²) in [5.41, 5.74) is 7.47. The van der Waals surface area contributed by atoms with Gasteiger partial charge in [0.1, 0.15) is 0 Å². The lowest BCUT2D eigenvalue weighted by atomic mass is 9.70. The van der Waals surface area contributed by atoms with E-state index in [2.05, 4.69) is 67.6 Å². The molecule has 0 bridgehead atoms. The van der Waals surface area contributed by atoms with E-state index in [1.54, 1.807) is 0 Å². The van der Waals surface area contributed by atoms with Gasteiger partial charge in [-0.1, -0.05) is 86.8 Å². The van der Waals surface area contributed by atoms with Crippen LogP contribution in [0.4, 0.5) is 0 Å². The number of fused-ring (bicyclic) bond motifs is 3. The molecule has 0 heterocycles. The molecular formula is C28H30O2. The number of carbonyl (C=O) groups excluding carboxylic acids is 1. The molecule has 0 aromatic heterocycles. The number of unbranched alkanes of at least 4 members (excludes halogenated alkanes) is 2. The lowest BCUT2D eigenvalue weighted by Crippen LogP contribution is -2.28. The Balaban J connectivity index is 1.75. The van der Waals surface area contributed by atoms with Gasteiger partial charge in [-0.25, -0.2) is 4.79 Å². The number of rotatable bonds is 8. The van der Waals surface area contributed by atoms with Gasteiger partial charge in [0.2, 0.25) is 0 Å². The molecule has 2 heteroatoms. The number of ether oxygens (including phenoxy) is 1. The average Bonchev–Trinajstić information content (AvgIpc) is 3.05. The van der Waals surface area contributed by atoms with E-state index in [9.17, 15) is 4.79 Å². The maximum atomic E-state index is 12.0. The molecular weight excluding hydrogens is 368 g/mol. The number of benzene rings is 3. The Kier molecular flexibility index (Phi) is 6.03. The monoisotopic (exact) mass is 398 g/mol. The fourth-order valence-corrected chi connectivity index (χ4v) is 4.96. The first-order valence-corrected chi connectivity index (χ1v) is 11.1. The Labute approximate surface area is 179 Å². The summed E-state index contributed by atoms with van der Waals surface area (Å²) in [4.78, 5) is 12.0. The standard InChI is InChI=1S/C28H30O2/c1-3-5-10-19-28(20-21-15-17-22(18-16-21)27(29)30-4-2)25-13-8-6-11-23(25)24-12-7-9-14-26(24)28/h6-9,11-18H,3-5,10,19-20H2,1-2H3. The van der Waals surface area contributed by atoms with Crippen LogP contribution in [0.25, 0.3) is 11.1 Å². The van der Waals surface area contributed by atoms with Crippen molar-refractivity contribution in [2.45, 2.75) is 51.4 Å². The number of hydrogen-bond acceptors (Lipinski definition) is 2. The van der Waals surface area contributed by atoms with Gasteiger partial charge in [-0.15, -0.1) is 0 Å². The molecule has 4 rings (SSSR count). The van der Waals surface area contributed by atoms with Crippen LogP contribution < -0.4 is 0 Å². The van der Waals surface area contributed by atoms with Gasteiger partial charge >= 0.3 is 5.97 Å². The lowest BCUT2D eigenvalue weighted by Gasteiger charge is -2.33. The molecule has 0 saturated carbocycles. The first kappa shape index (κ1) is 20.4. The second kappa shape index (κ2) is 8.87. The molecule has 0 saturated heterocycles. The van der Waals surface area contributed by atoms with Gasteiger partial charge in [-0.2, -0.15) is 0 Å². The Bertz CT molecular complexity index is 971. The first-order valence-electron chi connectivity index (χ1n) is 11.1. The Morgan fingerprint density at radius 1 is 0.800 bits per heavy atom. The Morgan fingerprint density at radius 3 is 1.97 bits per heavy atom. The van der Waals surface area contributed by atoms with Crippen molar-refractivity contribution in [2.24, 2.45) is 0 Å². The summed E-state index contributed by atoms with van der Waals surface area (Å²) in [6.07, 6.45) is 5.74. The quantitative estimate of drug-likeness (QED) is 0.303. The number of carbonyl (C=O) groups is 1. The van der Waals surface area contributed by atoms with E-state index in [1.165, 1.54) is 47.1 Å². The van der Waals surface area contributed by atoms with E-state index in [-0.39, 0.29) is 11.4 Å². The molecule has 0 spiro atoms. The topological polar surface area (TPSA) is 26.3 Å².